The molecule has 3 heterocycles. The van der Waals surface area contributed by atoms with Crippen molar-refractivity contribution in [2.45, 2.75) is 6.92 Å². The van der Waals surface area contributed by atoms with E-state index >= 15 is 0 Å². The molecule has 0 atom stereocenters. The lowest BCUT2D eigenvalue weighted by Crippen LogP contribution is -2.14. The number of aryl methyl sites for hydroxylation is 1. The van der Waals surface area contributed by atoms with Crippen LogP contribution in [0.5, 0.6) is 0 Å². The highest BCUT2D eigenvalue weighted by Crippen LogP contribution is 2.25. The third-order valence-electron chi connectivity index (χ3n) is 3.85. The molecule has 1 aromatic carbocycles. The van der Waals surface area contributed by atoms with Gasteiger partial charge in [-0.3, -0.25) is 4.79 Å². The Hall–Kier alpha value is -3.45. The Morgan fingerprint density at radius 1 is 1.11 bits per heavy atom. The van der Waals surface area contributed by atoms with E-state index in [0.29, 0.717) is 33.6 Å². The van der Waals surface area contributed by atoms with E-state index in [1.807, 2.05) is 6.92 Å². The van der Waals surface area contributed by atoms with Gasteiger partial charge in [-0.25, -0.2) is 4.98 Å². The largest absolute Gasteiger partial charge is 0.459 e. The first-order valence-electron chi connectivity index (χ1n) is 8.01. The molecule has 8 heteroatoms. The van der Waals surface area contributed by atoms with Gasteiger partial charge < -0.3 is 14.2 Å². The highest BCUT2D eigenvalue weighted by atomic mass is 35.5. The van der Waals surface area contributed by atoms with Gasteiger partial charge in [0.25, 0.3) is 11.8 Å². The molecule has 0 spiro atoms. The van der Waals surface area contributed by atoms with E-state index in [-0.39, 0.29) is 11.8 Å². The third kappa shape index (κ3) is 3.58. The van der Waals surface area contributed by atoms with Crippen LogP contribution in [0, 0.1) is 6.92 Å². The fourth-order valence-corrected chi connectivity index (χ4v) is 2.67. The summed E-state index contributed by atoms with van der Waals surface area (Å²) in [5.74, 6) is 1.09. The first-order chi connectivity index (χ1) is 13.1. The number of hydrogen-bond acceptors (Lipinski definition) is 6. The van der Waals surface area contributed by atoms with E-state index in [9.17, 15) is 4.79 Å². The second kappa shape index (κ2) is 7.05. The molecule has 0 unspecified atom stereocenters. The molecule has 4 rings (SSSR count). The molecule has 3 aromatic heterocycles. The summed E-state index contributed by atoms with van der Waals surface area (Å²) in [5.41, 5.74) is 1.91. The molecule has 1 N–H and O–H groups in total. The highest BCUT2D eigenvalue weighted by Gasteiger charge is 2.15. The van der Waals surface area contributed by atoms with E-state index in [1.54, 1.807) is 48.7 Å². The topological polar surface area (TPSA) is 94.1 Å². The monoisotopic (exact) mass is 380 g/mol. The number of anilines is 1. The van der Waals surface area contributed by atoms with Gasteiger partial charge >= 0.3 is 0 Å². The maximum atomic E-state index is 12.5. The number of aromatic nitrogens is 3. The van der Waals surface area contributed by atoms with Gasteiger partial charge in [0.1, 0.15) is 5.82 Å². The zero-order valence-electron chi connectivity index (χ0n) is 14.1. The van der Waals surface area contributed by atoms with Crippen molar-refractivity contribution in [1.29, 1.82) is 0 Å². The quantitative estimate of drug-likeness (QED) is 0.555. The van der Waals surface area contributed by atoms with Crippen LogP contribution in [0.4, 0.5) is 5.82 Å². The number of nitrogens with zero attached hydrogens (tertiary/aromatic N) is 3. The van der Waals surface area contributed by atoms with Crippen molar-refractivity contribution >= 4 is 23.3 Å². The minimum absolute atomic E-state index is 0.270. The van der Waals surface area contributed by atoms with E-state index in [2.05, 4.69) is 20.5 Å². The molecular formula is C19H13ClN4O3. The van der Waals surface area contributed by atoms with Gasteiger partial charge in [-0.1, -0.05) is 17.7 Å². The minimum Gasteiger partial charge on any atom is -0.459 e. The number of amides is 1. The average molecular weight is 381 g/mol. The molecule has 0 aliphatic carbocycles. The molecule has 134 valence electrons. The maximum Gasteiger partial charge on any atom is 0.283 e. The Bertz CT molecular complexity index is 1110. The summed E-state index contributed by atoms with van der Waals surface area (Å²) >= 11 is 5.98. The van der Waals surface area contributed by atoms with Gasteiger partial charge in [0, 0.05) is 22.3 Å². The summed E-state index contributed by atoms with van der Waals surface area (Å²) in [4.78, 5) is 16.7. The molecule has 7 nitrogen and oxygen atoms in total. The predicted octanol–water partition coefficient (Wildman–Crippen LogP) is 4.61. The van der Waals surface area contributed by atoms with E-state index in [4.69, 9.17) is 20.4 Å². The third-order valence-corrected chi connectivity index (χ3v) is 4.08. The molecule has 0 fully saturated rings. The fraction of sp³-hybridized carbons (Fsp3) is 0.0526. The normalized spacial score (nSPS) is 10.7. The Morgan fingerprint density at radius 2 is 1.96 bits per heavy atom. The lowest BCUT2D eigenvalue weighted by Gasteiger charge is -2.08. The van der Waals surface area contributed by atoms with Crippen LogP contribution < -0.4 is 5.32 Å². The van der Waals surface area contributed by atoms with Crippen molar-refractivity contribution in [3.63, 3.8) is 0 Å². The second-order valence-corrected chi connectivity index (χ2v) is 6.17. The number of rotatable bonds is 4. The number of carbonyl (C=O) groups is 1. The molecule has 4 aromatic rings. The first kappa shape index (κ1) is 17.0. The molecule has 27 heavy (non-hydrogen) atoms. The summed E-state index contributed by atoms with van der Waals surface area (Å²) in [6.07, 6.45) is 3.07. The predicted molar refractivity (Wildman–Crippen MR) is 99.4 cm³/mol. The number of halogens is 1. The number of carbonyl (C=O) groups excluding carboxylic acids is 1. The molecule has 0 aliphatic rings. The van der Waals surface area contributed by atoms with Crippen LogP contribution in [0.2, 0.25) is 5.02 Å². The molecule has 0 saturated carbocycles. The highest BCUT2D eigenvalue weighted by molar-refractivity contribution is 6.31. The number of nitrogens with one attached hydrogen (secondary N) is 1. The number of hydrogen-bond donors (Lipinski definition) is 1. The summed E-state index contributed by atoms with van der Waals surface area (Å²) < 4.78 is 10.9. The van der Waals surface area contributed by atoms with Crippen LogP contribution in [0.15, 0.2) is 63.8 Å². The van der Waals surface area contributed by atoms with Crippen LogP contribution in [-0.4, -0.2) is 21.1 Å². The van der Waals surface area contributed by atoms with Crippen molar-refractivity contribution < 1.29 is 13.6 Å². The summed E-state index contributed by atoms with van der Waals surface area (Å²) in [7, 11) is 0. The Morgan fingerprint density at radius 3 is 2.78 bits per heavy atom. The molecule has 0 radical (unpaired) electrons. The van der Waals surface area contributed by atoms with E-state index in [0.717, 1.165) is 5.56 Å². The Kier molecular flexibility index (Phi) is 4.43. The van der Waals surface area contributed by atoms with E-state index < -0.39 is 0 Å². The van der Waals surface area contributed by atoms with Gasteiger partial charge in [-0.05, 0) is 48.9 Å². The molecular weight excluding hydrogens is 368 g/mol. The van der Waals surface area contributed by atoms with Crippen LogP contribution >= 0.6 is 11.6 Å². The molecule has 0 bridgehead atoms. The van der Waals surface area contributed by atoms with Crippen LogP contribution in [0.1, 0.15) is 15.9 Å². The van der Waals surface area contributed by atoms with Crippen LogP contribution in [0.3, 0.4) is 0 Å². The van der Waals surface area contributed by atoms with Crippen molar-refractivity contribution in [3.8, 4) is 23.1 Å². The average Bonchev–Trinajstić information content (AvgIpc) is 3.35. The van der Waals surface area contributed by atoms with Gasteiger partial charge in [0.2, 0.25) is 5.89 Å². The number of benzene rings is 1. The standard InChI is InChI=1S/C19H13ClN4O3/c1-11-4-5-13(20)10-14(11)17(25)22-16-9-12(6-7-21-16)18-23-24-19(27-18)15-3-2-8-26-15/h2-10H,1H3,(H,21,22,25). The van der Waals surface area contributed by atoms with Crippen molar-refractivity contribution in [3.05, 3.63) is 71.1 Å². The van der Waals surface area contributed by atoms with Crippen molar-refractivity contribution in [1.82, 2.24) is 15.2 Å². The van der Waals surface area contributed by atoms with Gasteiger partial charge in [0.05, 0.1) is 6.26 Å². The van der Waals surface area contributed by atoms with E-state index in [1.165, 1.54) is 6.26 Å². The molecule has 0 saturated heterocycles. The smallest absolute Gasteiger partial charge is 0.283 e. The van der Waals surface area contributed by atoms with Gasteiger partial charge in [-0.15, -0.1) is 10.2 Å². The lowest BCUT2D eigenvalue weighted by atomic mass is 10.1. The van der Waals surface area contributed by atoms with Crippen LogP contribution in [-0.2, 0) is 0 Å². The summed E-state index contributed by atoms with van der Waals surface area (Å²) in [6.45, 7) is 1.84. The fourth-order valence-electron chi connectivity index (χ4n) is 2.49. The maximum absolute atomic E-state index is 12.5. The number of furan rings is 1. The molecule has 0 aliphatic heterocycles. The number of pyridine rings is 1. The van der Waals surface area contributed by atoms with Gasteiger partial charge in [-0.2, -0.15) is 0 Å². The Balaban J connectivity index is 1.58. The zero-order valence-corrected chi connectivity index (χ0v) is 14.9. The molecule has 1 amide bonds. The van der Waals surface area contributed by atoms with Gasteiger partial charge in [0.15, 0.2) is 5.76 Å². The summed E-state index contributed by atoms with van der Waals surface area (Å²) in [6, 6.07) is 12.0. The zero-order chi connectivity index (χ0) is 18.8. The van der Waals surface area contributed by atoms with Crippen molar-refractivity contribution in [2.75, 3.05) is 5.32 Å². The van der Waals surface area contributed by atoms with Crippen LogP contribution in [0.25, 0.3) is 23.1 Å². The Labute approximate surface area is 159 Å². The second-order valence-electron chi connectivity index (χ2n) is 5.73. The SMILES string of the molecule is Cc1ccc(Cl)cc1C(=O)Nc1cc(-c2nnc(-c3ccco3)o2)ccn1. The summed E-state index contributed by atoms with van der Waals surface area (Å²) in [5, 5.41) is 11.2. The van der Waals surface area contributed by atoms with Crippen molar-refractivity contribution in [2.24, 2.45) is 0 Å². The minimum atomic E-state index is -0.304. The lowest BCUT2D eigenvalue weighted by molar-refractivity contribution is 0.102. The first-order valence-corrected chi connectivity index (χ1v) is 8.39.